The Morgan fingerprint density at radius 2 is 2.00 bits per heavy atom. The zero-order chi connectivity index (χ0) is 14.0. The van der Waals surface area contributed by atoms with Gasteiger partial charge in [-0.15, -0.1) is 0 Å². The quantitative estimate of drug-likeness (QED) is 0.748. The first kappa shape index (κ1) is 14.3. The molecule has 0 spiro atoms. The third-order valence-electron chi connectivity index (χ3n) is 3.94. The number of carbonyl (C=O) groups is 2. The van der Waals surface area contributed by atoms with E-state index in [0.717, 1.165) is 12.8 Å². The summed E-state index contributed by atoms with van der Waals surface area (Å²) in [6, 6.07) is -0.870. The van der Waals surface area contributed by atoms with Crippen LogP contribution in [-0.2, 0) is 14.3 Å². The fraction of sp³-hybridized carbons (Fsp3) is 0.846. The molecule has 0 unspecified atom stereocenters. The average Bonchev–Trinajstić information content (AvgIpc) is 2.68. The van der Waals surface area contributed by atoms with Crippen molar-refractivity contribution in [2.45, 2.75) is 50.9 Å². The van der Waals surface area contributed by atoms with Gasteiger partial charge in [-0.05, 0) is 25.7 Å². The molecule has 6 heteroatoms. The number of carboxylic acid groups (broad SMARTS) is 1. The minimum Gasteiger partial charge on any atom is -0.480 e. The van der Waals surface area contributed by atoms with Crippen LogP contribution in [0.1, 0.15) is 32.6 Å². The van der Waals surface area contributed by atoms with Gasteiger partial charge in [0.1, 0.15) is 6.04 Å². The van der Waals surface area contributed by atoms with Crippen LogP contribution in [0.5, 0.6) is 0 Å². The molecule has 0 aromatic carbocycles. The first-order chi connectivity index (χ1) is 9.01. The molecule has 0 bridgehead atoms. The molecule has 1 aliphatic carbocycles. The van der Waals surface area contributed by atoms with Crippen molar-refractivity contribution in [2.24, 2.45) is 5.92 Å². The van der Waals surface area contributed by atoms with E-state index in [9.17, 15) is 14.7 Å². The van der Waals surface area contributed by atoms with Crippen LogP contribution in [0.3, 0.4) is 0 Å². The van der Waals surface area contributed by atoms with E-state index in [-0.39, 0.29) is 30.9 Å². The Labute approximate surface area is 112 Å². The normalized spacial score (nSPS) is 34.1. The number of likely N-dealkylation sites (tertiary alicyclic amines) is 1. The monoisotopic (exact) mass is 271 g/mol. The van der Waals surface area contributed by atoms with Crippen LogP contribution in [0.4, 0.5) is 0 Å². The summed E-state index contributed by atoms with van der Waals surface area (Å²) in [6.45, 7) is 2.77. The summed E-state index contributed by atoms with van der Waals surface area (Å²) in [4.78, 5) is 24.4. The lowest BCUT2D eigenvalue weighted by molar-refractivity contribution is -0.149. The summed E-state index contributed by atoms with van der Waals surface area (Å²) < 4.78 is 5.43. The number of β-amino-alcohol motifs (C(OH)–C–C–N with tert-alkyl or cyclic N) is 1. The second kappa shape index (κ2) is 5.88. The summed E-state index contributed by atoms with van der Waals surface area (Å²) in [5.41, 5.74) is 0. The molecule has 6 nitrogen and oxygen atoms in total. The molecule has 0 aromatic rings. The number of ether oxygens (including phenoxy) is 1. The molecule has 19 heavy (non-hydrogen) atoms. The molecule has 1 saturated heterocycles. The van der Waals surface area contributed by atoms with Gasteiger partial charge in [0.05, 0.1) is 12.2 Å². The second-order valence-corrected chi connectivity index (χ2v) is 5.41. The predicted molar refractivity (Wildman–Crippen MR) is 66.5 cm³/mol. The number of aliphatic hydroxyl groups excluding tert-OH is 1. The van der Waals surface area contributed by atoms with Gasteiger partial charge in [0.25, 0.3) is 0 Å². The van der Waals surface area contributed by atoms with Gasteiger partial charge in [0.15, 0.2) is 0 Å². The molecule has 2 rings (SSSR count). The zero-order valence-electron chi connectivity index (χ0n) is 11.1. The van der Waals surface area contributed by atoms with Crippen molar-refractivity contribution < 1.29 is 24.5 Å². The Kier molecular flexibility index (Phi) is 4.42. The van der Waals surface area contributed by atoms with E-state index in [1.54, 1.807) is 0 Å². The molecule has 2 aliphatic rings. The molecule has 0 radical (unpaired) electrons. The van der Waals surface area contributed by atoms with Crippen molar-refractivity contribution in [3.63, 3.8) is 0 Å². The van der Waals surface area contributed by atoms with Crippen molar-refractivity contribution in [3.8, 4) is 0 Å². The van der Waals surface area contributed by atoms with E-state index in [4.69, 9.17) is 9.84 Å². The van der Waals surface area contributed by atoms with E-state index >= 15 is 0 Å². The van der Waals surface area contributed by atoms with Crippen LogP contribution >= 0.6 is 0 Å². The molecule has 2 atom stereocenters. The predicted octanol–water partition coefficient (Wildman–Crippen LogP) is 0.238. The fourth-order valence-electron chi connectivity index (χ4n) is 2.90. The standard InChI is InChI=1S/C13H21NO5/c1-2-19-10-3-8(4-10)5-12(16)14-7-9(15)6-11(14)13(17)18/h8-11,15H,2-7H2,1H3,(H,17,18)/t8?,9-,10?,11-/m0/s1. The SMILES string of the molecule is CCOC1CC(CC(=O)N2C[C@@H](O)C[C@H]2C(=O)O)C1. The molecule has 2 fully saturated rings. The maximum absolute atomic E-state index is 12.1. The first-order valence-electron chi connectivity index (χ1n) is 6.83. The van der Waals surface area contributed by atoms with Gasteiger partial charge in [-0.2, -0.15) is 0 Å². The van der Waals surface area contributed by atoms with Crippen molar-refractivity contribution in [1.82, 2.24) is 4.90 Å². The van der Waals surface area contributed by atoms with Crippen LogP contribution in [0.25, 0.3) is 0 Å². The van der Waals surface area contributed by atoms with Crippen LogP contribution in [0.2, 0.25) is 0 Å². The third kappa shape index (κ3) is 3.25. The number of carboxylic acids is 1. The van der Waals surface area contributed by atoms with Crippen molar-refractivity contribution >= 4 is 11.9 Å². The second-order valence-electron chi connectivity index (χ2n) is 5.41. The maximum atomic E-state index is 12.1. The summed E-state index contributed by atoms with van der Waals surface area (Å²) in [5, 5.41) is 18.6. The number of nitrogens with zero attached hydrogens (tertiary/aromatic N) is 1. The highest BCUT2D eigenvalue weighted by atomic mass is 16.5. The maximum Gasteiger partial charge on any atom is 0.326 e. The zero-order valence-corrected chi connectivity index (χ0v) is 11.1. The third-order valence-corrected chi connectivity index (χ3v) is 3.94. The molecular weight excluding hydrogens is 250 g/mol. The lowest BCUT2D eigenvalue weighted by Crippen LogP contribution is -2.43. The van der Waals surface area contributed by atoms with E-state index in [1.165, 1.54) is 4.90 Å². The molecule has 1 aliphatic heterocycles. The Hall–Kier alpha value is -1.14. The Bertz CT molecular complexity index is 353. The number of rotatable bonds is 5. The lowest BCUT2D eigenvalue weighted by Gasteiger charge is -2.35. The average molecular weight is 271 g/mol. The van der Waals surface area contributed by atoms with Crippen LogP contribution in [0, 0.1) is 5.92 Å². The van der Waals surface area contributed by atoms with Gasteiger partial charge in [0, 0.05) is 26.0 Å². The summed E-state index contributed by atoms with van der Waals surface area (Å²) >= 11 is 0. The van der Waals surface area contributed by atoms with Crippen molar-refractivity contribution in [3.05, 3.63) is 0 Å². The van der Waals surface area contributed by atoms with E-state index < -0.39 is 18.1 Å². The molecular formula is C13H21NO5. The van der Waals surface area contributed by atoms with Crippen LogP contribution in [-0.4, -0.2) is 58.4 Å². The highest BCUT2D eigenvalue weighted by Gasteiger charge is 2.40. The first-order valence-corrected chi connectivity index (χ1v) is 6.83. The smallest absolute Gasteiger partial charge is 0.326 e. The van der Waals surface area contributed by atoms with Crippen LogP contribution in [0.15, 0.2) is 0 Å². The Morgan fingerprint density at radius 3 is 2.58 bits per heavy atom. The molecule has 1 heterocycles. The molecule has 0 aromatic heterocycles. The van der Waals surface area contributed by atoms with Crippen molar-refractivity contribution in [1.29, 1.82) is 0 Å². The lowest BCUT2D eigenvalue weighted by atomic mass is 9.79. The van der Waals surface area contributed by atoms with Gasteiger partial charge >= 0.3 is 5.97 Å². The van der Waals surface area contributed by atoms with Gasteiger partial charge in [-0.1, -0.05) is 0 Å². The van der Waals surface area contributed by atoms with Gasteiger partial charge in [-0.25, -0.2) is 4.79 Å². The number of hydrogen-bond acceptors (Lipinski definition) is 4. The summed E-state index contributed by atoms with van der Waals surface area (Å²) in [5.74, 6) is -0.911. The minimum atomic E-state index is -1.04. The minimum absolute atomic E-state index is 0.132. The van der Waals surface area contributed by atoms with E-state index in [0.29, 0.717) is 13.0 Å². The number of aliphatic hydroxyl groups is 1. The molecule has 1 saturated carbocycles. The van der Waals surface area contributed by atoms with Gasteiger partial charge in [-0.3, -0.25) is 4.79 Å². The highest BCUT2D eigenvalue weighted by molar-refractivity contribution is 5.84. The summed E-state index contributed by atoms with van der Waals surface area (Å²) in [6.07, 6.45) is 1.76. The summed E-state index contributed by atoms with van der Waals surface area (Å²) in [7, 11) is 0. The largest absolute Gasteiger partial charge is 0.480 e. The molecule has 1 amide bonds. The van der Waals surface area contributed by atoms with E-state index in [1.807, 2.05) is 6.92 Å². The number of carbonyl (C=O) groups excluding carboxylic acids is 1. The number of aliphatic carboxylic acids is 1. The highest BCUT2D eigenvalue weighted by Crippen LogP contribution is 2.34. The topological polar surface area (TPSA) is 87.1 Å². The fourth-order valence-corrected chi connectivity index (χ4v) is 2.90. The molecule has 108 valence electrons. The van der Waals surface area contributed by atoms with Crippen LogP contribution < -0.4 is 0 Å². The number of hydrogen-bond donors (Lipinski definition) is 2. The molecule has 2 N–H and O–H groups in total. The van der Waals surface area contributed by atoms with E-state index in [2.05, 4.69) is 0 Å². The van der Waals surface area contributed by atoms with Crippen molar-refractivity contribution in [2.75, 3.05) is 13.2 Å². The van der Waals surface area contributed by atoms with Gasteiger partial charge in [0.2, 0.25) is 5.91 Å². The Balaban J connectivity index is 1.81. The Morgan fingerprint density at radius 1 is 1.32 bits per heavy atom. The van der Waals surface area contributed by atoms with Gasteiger partial charge < -0.3 is 19.8 Å². The number of amides is 1.